The molecule has 1 saturated heterocycles. The predicted molar refractivity (Wildman–Crippen MR) is 123 cm³/mol. The van der Waals surface area contributed by atoms with Crippen LogP contribution in [0.25, 0.3) is 0 Å². The van der Waals surface area contributed by atoms with Gasteiger partial charge in [-0.15, -0.1) is 0 Å². The van der Waals surface area contributed by atoms with E-state index in [2.05, 4.69) is 25.1 Å². The zero-order chi connectivity index (χ0) is 22.5. The summed E-state index contributed by atoms with van der Waals surface area (Å²) >= 11 is 0. The van der Waals surface area contributed by atoms with Gasteiger partial charge in [0.15, 0.2) is 11.6 Å². The molecular weight excluding hydrogens is 411 g/mol. The molecule has 1 aliphatic heterocycles. The third kappa shape index (κ3) is 4.56. The van der Waals surface area contributed by atoms with Crippen molar-refractivity contribution in [2.45, 2.75) is 6.92 Å². The second-order valence-electron chi connectivity index (χ2n) is 7.30. The van der Waals surface area contributed by atoms with Crippen LogP contribution >= 0.6 is 0 Å². The maximum absolute atomic E-state index is 13.2. The van der Waals surface area contributed by atoms with Crippen LogP contribution < -0.4 is 20.9 Å². The number of nitrogens with one attached hydrogen (secondary N) is 1. The van der Waals surface area contributed by atoms with E-state index in [1.807, 2.05) is 6.07 Å². The van der Waals surface area contributed by atoms with E-state index < -0.39 is 5.97 Å². The number of piperazine rings is 1. The first kappa shape index (κ1) is 21.4. The summed E-state index contributed by atoms with van der Waals surface area (Å²) in [5, 5.41) is 3.15. The Bertz CT molecular complexity index is 1080. The van der Waals surface area contributed by atoms with Crippen LogP contribution in [-0.2, 0) is 4.74 Å². The van der Waals surface area contributed by atoms with E-state index in [1.54, 1.807) is 37.3 Å². The number of nitrogen functional groups attached to an aromatic ring is 1. The lowest BCUT2D eigenvalue weighted by atomic mass is 10.1. The number of rotatable bonds is 6. The Labute approximate surface area is 185 Å². The van der Waals surface area contributed by atoms with Crippen molar-refractivity contribution in [1.29, 1.82) is 0 Å². The number of esters is 1. The topological polar surface area (TPSA) is 96.6 Å². The number of aromatic nitrogens is 2. The average Bonchev–Trinajstić information content (AvgIpc) is 2.82. The van der Waals surface area contributed by atoms with Crippen LogP contribution in [0.15, 0.2) is 54.9 Å². The third-order valence-electron chi connectivity index (χ3n) is 5.31. The fourth-order valence-electron chi connectivity index (χ4n) is 3.67. The SMILES string of the molecule is CCOC(=O)c1ccccc1Nc1ncnc(N2CCN(c3ccc(F)cc3)CC2)c1N. The number of halogens is 1. The van der Waals surface area contributed by atoms with Crippen LogP contribution in [0.5, 0.6) is 0 Å². The van der Waals surface area contributed by atoms with Gasteiger partial charge in [-0.05, 0) is 43.3 Å². The smallest absolute Gasteiger partial charge is 0.340 e. The van der Waals surface area contributed by atoms with Crippen molar-refractivity contribution >= 4 is 34.7 Å². The van der Waals surface area contributed by atoms with Gasteiger partial charge in [0.05, 0.1) is 17.9 Å². The van der Waals surface area contributed by atoms with Gasteiger partial charge in [0.2, 0.25) is 0 Å². The van der Waals surface area contributed by atoms with Gasteiger partial charge in [0.1, 0.15) is 17.8 Å². The number of hydrogen-bond donors (Lipinski definition) is 2. The summed E-state index contributed by atoms with van der Waals surface area (Å²) < 4.78 is 18.3. The van der Waals surface area contributed by atoms with Crippen molar-refractivity contribution < 1.29 is 13.9 Å². The van der Waals surface area contributed by atoms with Crippen LogP contribution in [0.2, 0.25) is 0 Å². The van der Waals surface area contributed by atoms with Crippen molar-refractivity contribution in [2.75, 3.05) is 53.6 Å². The standard InChI is InChI=1S/C23H25FN6O2/c1-2-32-23(31)18-5-3-4-6-19(18)28-21-20(25)22(27-15-26-21)30-13-11-29(12-14-30)17-9-7-16(24)8-10-17/h3-10,15H,2,11-14,25H2,1H3,(H,26,27,28). The van der Waals surface area contributed by atoms with E-state index >= 15 is 0 Å². The van der Waals surface area contributed by atoms with Crippen molar-refractivity contribution in [1.82, 2.24) is 9.97 Å². The fraction of sp³-hybridized carbons (Fsp3) is 0.261. The summed E-state index contributed by atoms with van der Waals surface area (Å²) in [6, 6.07) is 13.6. The highest BCUT2D eigenvalue weighted by molar-refractivity contribution is 5.97. The molecule has 0 atom stereocenters. The predicted octanol–water partition coefficient (Wildman–Crippen LogP) is 3.44. The molecular formula is C23H25FN6O2. The Hall–Kier alpha value is -3.88. The highest BCUT2D eigenvalue weighted by Crippen LogP contribution is 2.31. The summed E-state index contributed by atoms with van der Waals surface area (Å²) in [7, 11) is 0. The van der Waals surface area contributed by atoms with Gasteiger partial charge in [-0.2, -0.15) is 0 Å². The molecule has 166 valence electrons. The molecule has 0 bridgehead atoms. The number of carbonyl (C=O) groups is 1. The molecule has 0 radical (unpaired) electrons. The molecule has 8 nitrogen and oxygen atoms in total. The highest BCUT2D eigenvalue weighted by atomic mass is 19.1. The van der Waals surface area contributed by atoms with E-state index in [9.17, 15) is 9.18 Å². The van der Waals surface area contributed by atoms with Gasteiger partial charge >= 0.3 is 5.97 Å². The largest absolute Gasteiger partial charge is 0.462 e. The summed E-state index contributed by atoms with van der Waals surface area (Å²) in [4.78, 5) is 25.2. The molecule has 1 aliphatic rings. The maximum atomic E-state index is 13.2. The first-order valence-electron chi connectivity index (χ1n) is 10.5. The number of nitrogens with zero attached hydrogens (tertiary/aromatic N) is 4. The molecule has 1 fully saturated rings. The van der Waals surface area contributed by atoms with E-state index in [0.717, 1.165) is 18.8 Å². The Balaban J connectivity index is 1.49. The lowest BCUT2D eigenvalue weighted by Gasteiger charge is -2.37. The Morgan fingerprint density at radius 1 is 1.06 bits per heavy atom. The van der Waals surface area contributed by atoms with Crippen LogP contribution in [-0.4, -0.2) is 48.7 Å². The lowest BCUT2D eigenvalue weighted by molar-refractivity contribution is 0.0527. The van der Waals surface area contributed by atoms with Crippen LogP contribution in [0, 0.1) is 5.82 Å². The zero-order valence-corrected chi connectivity index (χ0v) is 17.8. The number of ether oxygens (including phenoxy) is 1. The minimum Gasteiger partial charge on any atom is -0.462 e. The molecule has 0 aliphatic carbocycles. The molecule has 32 heavy (non-hydrogen) atoms. The van der Waals surface area contributed by atoms with E-state index in [4.69, 9.17) is 10.5 Å². The van der Waals surface area contributed by atoms with Crippen molar-refractivity contribution in [3.63, 3.8) is 0 Å². The normalized spacial score (nSPS) is 13.7. The first-order chi connectivity index (χ1) is 15.6. The molecule has 3 aromatic rings. The van der Waals surface area contributed by atoms with Gasteiger partial charge in [-0.3, -0.25) is 0 Å². The Morgan fingerprint density at radius 3 is 2.47 bits per heavy atom. The van der Waals surface area contributed by atoms with Crippen molar-refractivity contribution in [2.24, 2.45) is 0 Å². The molecule has 2 heterocycles. The molecule has 0 unspecified atom stereocenters. The molecule has 0 saturated carbocycles. The second kappa shape index (κ2) is 9.51. The molecule has 9 heteroatoms. The van der Waals surface area contributed by atoms with Gasteiger partial charge in [-0.1, -0.05) is 12.1 Å². The lowest BCUT2D eigenvalue weighted by Crippen LogP contribution is -2.47. The summed E-state index contributed by atoms with van der Waals surface area (Å²) in [5.74, 6) is 0.397. The molecule has 2 aromatic carbocycles. The monoisotopic (exact) mass is 436 g/mol. The number of carbonyl (C=O) groups excluding carboxylic acids is 1. The molecule has 3 N–H and O–H groups in total. The maximum Gasteiger partial charge on any atom is 0.340 e. The minimum atomic E-state index is -0.416. The highest BCUT2D eigenvalue weighted by Gasteiger charge is 2.22. The molecule has 1 aromatic heterocycles. The molecule has 4 rings (SSSR count). The van der Waals surface area contributed by atoms with Gasteiger partial charge in [0, 0.05) is 31.9 Å². The van der Waals surface area contributed by atoms with Crippen LogP contribution in [0.3, 0.4) is 0 Å². The summed E-state index contributed by atoms with van der Waals surface area (Å²) in [6.07, 6.45) is 1.45. The summed E-state index contributed by atoms with van der Waals surface area (Å²) in [6.45, 7) is 4.97. The van der Waals surface area contributed by atoms with Crippen molar-refractivity contribution in [3.8, 4) is 0 Å². The number of hydrogen-bond acceptors (Lipinski definition) is 8. The van der Waals surface area contributed by atoms with Crippen molar-refractivity contribution in [3.05, 3.63) is 66.2 Å². The van der Waals surface area contributed by atoms with E-state index in [1.165, 1.54) is 18.5 Å². The molecule has 0 spiro atoms. The number of nitrogens with two attached hydrogens (primary N) is 1. The zero-order valence-electron chi connectivity index (χ0n) is 17.8. The quantitative estimate of drug-likeness (QED) is 0.567. The third-order valence-corrected chi connectivity index (χ3v) is 5.31. The average molecular weight is 436 g/mol. The number of para-hydroxylation sites is 1. The van der Waals surface area contributed by atoms with Gasteiger partial charge in [0.25, 0.3) is 0 Å². The molecule has 0 amide bonds. The first-order valence-corrected chi connectivity index (χ1v) is 10.5. The summed E-state index contributed by atoms with van der Waals surface area (Å²) in [5.41, 5.74) is 8.76. The van der Waals surface area contributed by atoms with Gasteiger partial charge in [-0.25, -0.2) is 19.2 Å². The van der Waals surface area contributed by atoms with Crippen LogP contribution in [0.4, 0.5) is 33.1 Å². The van der Waals surface area contributed by atoms with E-state index in [0.29, 0.717) is 41.7 Å². The fourth-order valence-corrected chi connectivity index (χ4v) is 3.67. The Morgan fingerprint density at radius 2 is 1.75 bits per heavy atom. The second-order valence-corrected chi connectivity index (χ2v) is 7.30. The van der Waals surface area contributed by atoms with Gasteiger partial charge < -0.3 is 25.6 Å². The number of benzene rings is 2. The van der Waals surface area contributed by atoms with Crippen LogP contribution in [0.1, 0.15) is 17.3 Å². The Kier molecular flexibility index (Phi) is 6.34. The minimum absolute atomic E-state index is 0.245. The van der Waals surface area contributed by atoms with E-state index in [-0.39, 0.29) is 12.4 Å². The number of anilines is 5.